The van der Waals surface area contributed by atoms with Gasteiger partial charge in [0.2, 0.25) is 0 Å². The molecule has 0 amide bonds. The van der Waals surface area contributed by atoms with Crippen LogP contribution in [-0.4, -0.2) is 21.8 Å². The summed E-state index contributed by atoms with van der Waals surface area (Å²) in [5, 5.41) is 22.1. The number of Topliss-reactive ketones (excluding diaryl/α,β-unsaturated/α-hetero) is 1. The highest BCUT2D eigenvalue weighted by Gasteiger charge is 2.72. The zero-order valence-corrected chi connectivity index (χ0v) is 26.9. The second-order valence-electron chi connectivity index (χ2n) is 16.4. The van der Waals surface area contributed by atoms with Crippen molar-refractivity contribution in [3.8, 4) is 0 Å². The summed E-state index contributed by atoms with van der Waals surface area (Å²) in [7, 11) is 0. The molecule has 0 saturated heterocycles. The number of hydrogen-bond donors (Lipinski definition) is 1. The standard InChI is InChI=1S/C37H49NO5/c1-22(2)26-13-16-37(32(40)41)18-17-35(6)27(30(26)37)11-12-29-34(5)21-24(19-23-9-8-10-25(20-23)38(42)43)31(39)33(3,4)28(34)14-15-36(29,35)7/h8-10,19-20,26-30H,1,11-18,21H2,2-7H3,(H,40,41)/t26-,27+,28+,29+,30+,34+,35+,36-,37+/m1/s1. The highest BCUT2D eigenvalue weighted by atomic mass is 16.6. The number of carbonyl (C=O) groups excluding carboxylic acids is 1. The van der Waals surface area contributed by atoms with Crippen LogP contribution in [0.3, 0.4) is 0 Å². The second kappa shape index (κ2) is 9.62. The van der Waals surface area contributed by atoms with E-state index in [1.54, 1.807) is 12.1 Å². The molecule has 6 rings (SSSR count). The first-order valence-electron chi connectivity index (χ1n) is 16.4. The SMILES string of the molecule is C=C(C)[C@H]1CC[C@]2(C(=O)O)CC[C@@]3(C)[C@@H](CC[C@H]4[C@@]5(C)CC(=Cc6cccc([N+](=O)[O-])c6)C(=O)C(C)(C)[C@@H]5CC[C@]43C)[C@H]12. The van der Waals surface area contributed by atoms with E-state index in [1.165, 1.54) is 6.07 Å². The number of benzene rings is 1. The molecule has 0 unspecified atom stereocenters. The molecule has 1 aromatic carbocycles. The zero-order chi connectivity index (χ0) is 31.3. The average molecular weight is 588 g/mol. The number of carboxylic acids is 1. The average Bonchev–Trinajstić information content (AvgIpc) is 3.34. The maximum Gasteiger partial charge on any atom is 0.309 e. The number of allylic oxidation sites excluding steroid dienone is 2. The minimum atomic E-state index is -0.633. The molecule has 6 nitrogen and oxygen atoms in total. The molecule has 5 aliphatic carbocycles. The van der Waals surface area contributed by atoms with Crippen molar-refractivity contribution in [2.24, 2.45) is 56.7 Å². The van der Waals surface area contributed by atoms with Crippen LogP contribution in [0.1, 0.15) is 105 Å². The molecule has 9 atom stereocenters. The number of fused-ring (bicyclic) bond motifs is 7. The van der Waals surface area contributed by atoms with E-state index in [0.29, 0.717) is 23.8 Å². The molecule has 0 spiro atoms. The molecule has 5 fully saturated rings. The van der Waals surface area contributed by atoms with Gasteiger partial charge in [-0.1, -0.05) is 58.9 Å². The van der Waals surface area contributed by atoms with Gasteiger partial charge in [0.1, 0.15) is 0 Å². The number of non-ortho nitro benzene ring substituents is 1. The van der Waals surface area contributed by atoms with Crippen molar-refractivity contribution >= 4 is 23.5 Å². The van der Waals surface area contributed by atoms with Gasteiger partial charge in [-0.05, 0) is 128 Å². The van der Waals surface area contributed by atoms with Crippen LogP contribution in [0.25, 0.3) is 6.08 Å². The van der Waals surface area contributed by atoms with Crippen LogP contribution >= 0.6 is 0 Å². The van der Waals surface area contributed by atoms with Crippen molar-refractivity contribution in [3.63, 3.8) is 0 Å². The third-order valence-corrected chi connectivity index (χ3v) is 14.5. The largest absolute Gasteiger partial charge is 0.481 e. The van der Waals surface area contributed by atoms with Gasteiger partial charge in [-0.2, -0.15) is 0 Å². The van der Waals surface area contributed by atoms with Gasteiger partial charge >= 0.3 is 5.97 Å². The molecule has 43 heavy (non-hydrogen) atoms. The summed E-state index contributed by atoms with van der Waals surface area (Å²) < 4.78 is 0. The van der Waals surface area contributed by atoms with Crippen LogP contribution in [0.15, 0.2) is 42.0 Å². The molecular formula is C37H49NO5. The number of aliphatic carboxylic acids is 1. The van der Waals surface area contributed by atoms with E-state index >= 15 is 0 Å². The summed E-state index contributed by atoms with van der Waals surface area (Å²) in [6, 6.07) is 6.59. The number of carbonyl (C=O) groups is 2. The number of hydrogen-bond acceptors (Lipinski definition) is 4. The van der Waals surface area contributed by atoms with Gasteiger partial charge in [0.25, 0.3) is 5.69 Å². The molecular weight excluding hydrogens is 538 g/mol. The number of nitro groups is 1. The predicted molar refractivity (Wildman–Crippen MR) is 168 cm³/mol. The van der Waals surface area contributed by atoms with E-state index in [9.17, 15) is 24.8 Å². The zero-order valence-electron chi connectivity index (χ0n) is 26.9. The van der Waals surface area contributed by atoms with E-state index in [2.05, 4.69) is 48.1 Å². The molecule has 0 aliphatic heterocycles. The van der Waals surface area contributed by atoms with Crippen LogP contribution in [-0.2, 0) is 9.59 Å². The Bertz CT molecular complexity index is 1440. The molecule has 6 heteroatoms. The van der Waals surface area contributed by atoms with Crippen molar-refractivity contribution in [1.82, 2.24) is 0 Å². The Labute approximate surface area is 256 Å². The fourth-order valence-corrected chi connectivity index (χ4v) is 12.4. The molecule has 0 radical (unpaired) electrons. The Balaban J connectivity index is 1.41. The lowest BCUT2D eigenvalue weighted by molar-refractivity contribution is -0.384. The van der Waals surface area contributed by atoms with Gasteiger partial charge in [-0.25, -0.2) is 0 Å². The third-order valence-electron chi connectivity index (χ3n) is 14.5. The molecule has 5 aliphatic rings. The fraction of sp³-hybridized carbons (Fsp3) is 0.676. The van der Waals surface area contributed by atoms with Gasteiger partial charge in [0.05, 0.1) is 10.3 Å². The van der Waals surface area contributed by atoms with Crippen LogP contribution < -0.4 is 0 Å². The first-order chi connectivity index (χ1) is 20.0. The number of carboxylic acid groups (broad SMARTS) is 1. The predicted octanol–water partition coefficient (Wildman–Crippen LogP) is 8.90. The summed E-state index contributed by atoms with van der Waals surface area (Å²) in [6.07, 6.45) is 10.1. The van der Waals surface area contributed by atoms with Crippen LogP contribution in [0, 0.1) is 66.8 Å². The Morgan fingerprint density at radius 1 is 1.00 bits per heavy atom. The highest BCUT2D eigenvalue weighted by Crippen LogP contribution is 2.77. The van der Waals surface area contributed by atoms with Crippen molar-refractivity contribution in [2.45, 2.75) is 99.3 Å². The normalized spacial score (nSPS) is 44.1. The maximum atomic E-state index is 14.1. The van der Waals surface area contributed by atoms with Crippen LogP contribution in [0.4, 0.5) is 5.69 Å². The Morgan fingerprint density at radius 3 is 2.37 bits per heavy atom. The molecule has 0 aromatic heterocycles. The molecule has 0 heterocycles. The van der Waals surface area contributed by atoms with E-state index in [4.69, 9.17) is 0 Å². The Kier molecular flexibility index (Phi) is 6.77. The number of ketones is 1. The van der Waals surface area contributed by atoms with E-state index in [-0.39, 0.29) is 50.4 Å². The van der Waals surface area contributed by atoms with Crippen molar-refractivity contribution in [2.75, 3.05) is 0 Å². The third kappa shape index (κ3) is 3.96. The minimum absolute atomic E-state index is 0.0150. The van der Waals surface area contributed by atoms with Gasteiger partial charge in [0, 0.05) is 17.5 Å². The van der Waals surface area contributed by atoms with Gasteiger partial charge < -0.3 is 5.11 Å². The maximum absolute atomic E-state index is 14.1. The summed E-state index contributed by atoms with van der Waals surface area (Å²) in [6.45, 7) is 18.1. The minimum Gasteiger partial charge on any atom is -0.481 e. The van der Waals surface area contributed by atoms with Crippen molar-refractivity contribution in [3.05, 3.63) is 57.7 Å². The van der Waals surface area contributed by atoms with Gasteiger partial charge in [0.15, 0.2) is 5.78 Å². The van der Waals surface area contributed by atoms with Gasteiger partial charge in [-0.3, -0.25) is 19.7 Å². The Morgan fingerprint density at radius 2 is 1.72 bits per heavy atom. The van der Waals surface area contributed by atoms with Crippen molar-refractivity contribution < 1.29 is 19.6 Å². The van der Waals surface area contributed by atoms with E-state index < -0.39 is 16.8 Å². The molecule has 1 N–H and O–H groups in total. The lowest BCUT2D eigenvalue weighted by Gasteiger charge is -2.72. The molecule has 1 aromatic rings. The topological polar surface area (TPSA) is 97.5 Å². The molecule has 232 valence electrons. The number of rotatable bonds is 4. The fourth-order valence-electron chi connectivity index (χ4n) is 12.4. The number of nitrogens with zero attached hydrogens (tertiary/aromatic N) is 1. The van der Waals surface area contributed by atoms with Gasteiger partial charge in [-0.15, -0.1) is 0 Å². The summed E-state index contributed by atoms with van der Waals surface area (Å²) in [4.78, 5) is 38.1. The summed E-state index contributed by atoms with van der Waals surface area (Å²) >= 11 is 0. The highest BCUT2D eigenvalue weighted by molar-refractivity contribution is 6.04. The second-order valence-corrected chi connectivity index (χ2v) is 16.4. The quantitative estimate of drug-likeness (QED) is 0.164. The summed E-state index contributed by atoms with van der Waals surface area (Å²) in [5.74, 6) is 0.980. The lowest BCUT2D eigenvalue weighted by atomic mass is 9.32. The molecule has 5 saturated carbocycles. The molecule has 0 bridgehead atoms. The first kappa shape index (κ1) is 30.3. The van der Waals surface area contributed by atoms with E-state index in [1.807, 2.05) is 12.1 Å². The summed E-state index contributed by atoms with van der Waals surface area (Å²) in [5.41, 5.74) is 1.45. The lowest BCUT2D eigenvalue weighted by Crippen LogP contribution is -2.67. The number of nitro benzene ring substituents is 1. The van der Waals surface area contributed by atoms with Crippen molar-refractivity contribution in [1.29, 1.82) is 0 Å². The van der Waals surface area contributed by atoms with Crippen LogP contribution in [0.2, 0.25) is 0 Å². The smallest absolute Gasteiger partial charge is 0.309 e. The monoisotopic (exact) mass is 587 g/mol. The Hall–Kier alpha value is -2.76. The van der Waals surface area contributed by atoms with E-state index in [0.717, 1.165) is 62.5 Å². The first-order valence-corrected chi connectivity index (χ1v) is 16.4. The van der Waals surface area contributed by atoms with Crippen LogP contribution in [0.5, 0.6) is 0 Å².